The van der Waals surface area contributed by atoms with Gasteiger partial charge in [0.25, 0.3) is 0 Å². The zero-order valence-electron chi connectivity index (χ0n) is 11.8. The van der Waals surface area contributed by atoms with Gasteiger partial charge in [-0.15, -0.1) is 0 Å². The zero-order chi connectivity index (χ0) is 14.2. The molecular formula is C16H21N3O. The molecule has 0 aliphatic heterocycles. The van der Waals surface area contributed by atoms with Gasteiger partial charge in [-0.25, -0.2) is 4.98 Å². The van der Waals surface area contributed by atoms with E-state index in [1.54, 1.807) is 7.11 Å². The minimum Gasteiger partial charge on any atom is -0.481 e. The second-order valence-corrected chi connectivity index (χ2v) is 4.69. The molecule has 2 N–H and O–H groups in total. The molecule has 1 heterocycles. The van der Waals surface area contributed by atoms with E-state index in [4.69, 9.17) is 10.5 Å². The maximum atomic E-state index is 5.71. The second kappa shape index (κ2) is 7.62. The summed E-state index contributed by atoms with van der Waals surface area (Å²) in [5, 5.41) is 0. The highest BCUT2D eigenvalue weighted by Gasteiger charge is 2.06. The fourth-order valence-corrected chi connectivity index (χ4v) is 2.12. The molecule has 0 radical (unpaired) electrons. The molecule has 0 fully saturated rings. The molecule has 0 saturated heterocycles. The standard InChI is InChI=1S/C16H21N3O/c1-20-16-8-7-15(11-18-16)13-19(10-9-17)12-14-5-3-2-4-6-14/h2-8,11H,9-10,12-13,17H2,1H3. The number of rotatable bonds is 7. The van der Waals surface area contributed by atoms with Crippen LogP contribution in [0.15, 0.2) is 48.7 Å². The smallest absolute Gasteiger partial charge is 0.212 e. The minimum atomic E-state index is 0.641. The minimum absolute atomic E-state index is 0.641. The lowest BCUT2D eigenvalue weighted by atomic mass is 10.2. The van der Waals surface area contributed by atoms with Crippen molar-refractivity contribution in [2.75, 3.05) is 20.2 Å². The van der Waals surface area contributed by atoms with Gasteiger partial charge in [0.1, 0.15) is 0 Å². The fraction of sp³-hybridized carbons (Fsp3) is 0.312. The van der Waals surface area contributed by atoms with E-state index in [9.17, 15) is 0 Å². The SMILES string of the molecule is COc1ccc(CN(CCN)Cc2ccccc2)cn1. The normalized spacial score (nSPS) is 10.8. The highest BCUT2D eigenvalue weighted by molar-refractivity contribution is 5.18. The van der Waals surface area contributed by atoms with Crippen LogP contribution in [0.1, 0.15) is 11.1 Å². The molecule has 0 saturated carbocycles. The lowest BCUT2D eigenvalue weighted by Gasteiger charge is -2.21. The van der Waals surface area contributed by atoms with Crippen LogP contribution in [-0.4, -0.2) is 30.1 Å². The first-order chi connectivity index (χ1) is 9.81. The van der Waals surface area contributed by atoms with Gasteiger partial charge in [0.2, 0.25) is 5.88 Å². The van der Waals surface area contributed by atoms with Crippen molar-refractivity contribution in [1.82, 2.24) is 9.88 Å². The first-order valence-corrected chi connectivity index (χ1v) is 6.77. The summed E-state index contributed by atoms with van der Waals surface area (Å²) < 4.78 is 5.07. The third-order valence-electron chi connectivity index (χ3n) is 3.11. The van der Waals surface area contributed by atoms with Crippen molar-refractivity contribution in [2.45, 2.75) is 13.1 Å². The molecular weight excluding hydrogens is 250 g/mol. The van der Waals surface area contributed by atoms with Crippen LogP contribution >= 0.6 is 0 Å². The molecule has 2 aromatic rings. The summed E-state index contributed by atoms with van der Waals surface area (Å²) in [5.41, 5.74) is 8.16. The second-order valence-electron chi connectivity index (χ2n) is 4.69. The summed E-state index contributed by atoms with van der Waals surface area (Å²) in [7, 11) is 1.62. The molecule has 0 spiro atoms. The molecule has 0 bridgehead atoms. The van der Waals surface area contributed by atoms with E-state index in [1.807, 2.05) is 24.4 Å². The van der Waals surface area contributed by atoms with Gasteiger partial charge in [-0.2, -0.15) is 0 Å². The maximum absolute atomic E-state index is 5.71. The zero-order valence-corrected chi connectivity index (χ0v) is 11.8. The highest BCUT2D eigenvalue weighted by Crippen LogP contribution is 2.11. The molecule has 1 aromatic heterocycles. The van der Waals surface area contributed by atoms with Crippen molar-refractivity contribution in [3.8, 4) is 5.88 Å². The Morgan fingerprint density at radius 3 is 2.40 bits per heavy atom. The molecule has 4 heteroatoms. The Morgan fingerprint density at radius 1 is 1.05 bits per heavy atom. The van der Waals surface area contributed by atoms with Crippen LogP contribution in [0.3, 0.4) is 0 Å². The van der Waals surface area contributed by atoms with Gasteiger partial charge in [0, 0.05) is 38.4 Å². The van der Waals surface area contributed by atoms with Crippen LogP contribution in [0.4, 0.5) is 0 Å². The van der Waals surface area contributed by atoms with E-state index in [2.05, 4.69) is 34.1 Å². The lowest BCUT2D eigenvalue weighted by molar-refractivity contribution is 0.264. The quantitative estimate of drug-likeness (QED) is 0.837. The number of methoxy groups -OCH3 is 1. The van der Waals surface area contributed by atoms with E-state index in [0.29, 0.717) is 12.4 Å². The van der Waals surface area contributed by atoms with Crippen LogP contribution in [0.5, 0.6) is 5.88 Å². The summed E-state index contributed by atoms with van der Waals surface area (Å²) in [6.45, 7) is 3.24. The van der Waals surface area contributed by atoms with Crippen LogP contribution in [0.2, 0.25) is 0 Å². The Labute approximate surface area is 120 Å². The Hall–Kier alpha value is -1.91. The number of aromatic nitrogens is 1. The van der Waals surface area contributed by atoms with Gasteiger partial charge in [0.15, 0.2) is 0 Å². The van der Waals surface area contributed by atoms with E-state index in [0.717, 1.165) is 25.2 Å². The van der Waals surface area contributed by atoms with Crippen LogP contribution < -0.4 is 10.5 Å². The van der Waals surface area contributed by atoms with Crippen molar-refractivity contribution in [2.24, 2.45) is 5.73 Å². The average Bonchev–Trinajstić information content (AvgIpc) is 2.49. The van der Waals surface area contributed by atoms with Crippen LogP contribution in [-0.2, 0) is 13.1 Å². The predicted octanol–water partition coefficient (Wildman–Crippen LogP) is 2.05. The van der Waals surface area contributed by atoms with Crippen LogP contribution in [0.25, 0.3) is 0 Å². The first-order valence-electron chi connectivity index (χ1n) is 6.77. The van der Waals surface area contributed by atoms with Gasteiger partial charge < -0.3 is 10.5 Å². The Kier molecular flexibility index (Phi) is 5.53. The third kappa shape index (κ3) is 4.33. The van der Waals surface area contributed by atoms with Gasteiger partial charge in [-0.3, -0.25) is 4.90 Å². The molecule has 0 atom stereocenters. The molecule has 0 amide bonds. The summed E-state index contributed by atoms with van der Waals surface area (Å²) in [6, 6.07) is 14.4. The number of hydrogen-bond donors (Lipinski definition) is 1. The highest BCUT2D eigenvalue weighted by atomic mass is 16.5. The summed E-state index contributed by atoms with van der Waals surface area (Å²) >= 11 is 0. The summed E-state index contributed by atoms with van der Waals surface area (Å²) in [5.74, 6) is 0.641. The van der Waals surface area contributed by atoms with Gasteiger partial charge >= 0.3 is 0 Å². The Bertz CT molecular complexity index is 499. The number of nitrogens with zero attached hydrogens (tertiary/aromatic N) is 2. The molecule has 20 heavy (non-hydrogen) atoms. The molecule has 1 aromatic carbocycles. The monoisotopic (exact) mass is 271 g/mol. The number of nitrogens with two attached hydrogens (primary N) is 1. The number of benzene rings is 1. The number of pyridine rings is 1. The van der Waals surface area contributed by atoms with Gasteiger partial charge in [-0.1, -0.05) is 36.4 Å². The van der Waals surface area contributed by atoms with Gasteiger partial charge in [-0.05, 0) is 11.1 Å². The molecule has 4 nitrogen and oxygen atoms in total. The largest absolute Gasteiger partial charge is 0.481 e. The predicted molar refractivity (Wildman–Crippen MR) is 80.4 cm³/mol. The lowest BCUT2D eigenvalue weighted by Crippen LogP contribution is -2.28. The first kappa shape index (κ1) is 14.5. The average molecular weight is 271 g/mol. The molecule has 0 aliphatic carbocycles. The summed E-state index contributed by atoms with van der Waals surface area (Å²) in [4.78, 5) is 6.56. The van der Waals surface area contributed by atoms with E-state index in [-0.39, 0.29) is 0 Å². The number of hydrogen-bond acceptors (Lipinski definition) is 4. The fourth-order valence-electron chi connectivity index (χ4n) is 2.12. The third-order valence-corrected chi connectivity index (χ3v) is 3.11. The molecule has 0 unspecified atom stereocenters. The van der Waals surface area contributed by atoms with Crippen molar-refractivity contribution in [1.29, 1.82) is 0 Å². The maximum Gasteiger partial charge on any atom is 0.212 e. The van der Waals surface area contributed by atoms with Gasteiger partial charge in [0.05, 0.1) is 7.11 Å². The Morgan fingerprint density at radius 2 is 1.80 bits per heavy atom. The van der Waals surface area contributed by atoms with Crippen molar-refractivity contribution >= 4 is 0 Å². The van der Waals surface area contributed by atoms with Crippen molar-refractivity contribution in [3.05, 3.63) is 59.8 Å². The molecule has 2 rings (SSSR count). The van der Waals surface area contributed by atoms with Crippen molar-refractivity contribution in [3.63, 3.8) is 0 Å². The number of ether oxygens (including phenoxy) is 1. The summed E-state index contributed by atoms with van der Waals surface area (Å²) in [6.07, 6.45) is 1.85. The Balaban J connectivity index is 2.00. The molecule has 0 aliphatic rings. The molecule has 106 valence electrons. The van der Waals surface area contributed by atoms with E-state index < -0.39 is 0 Å². The van der Waals surface area contributed by atoms with Crippen LogP contribution in [0, 0.1) is 0 Å². The van der Waals surface area contributed by atoms with E-state index >= 15 is 0 Å². The topological polar surface area (TPSA) is 51.4 Å². The van der Waals surface area contributed by atoms with E-state index in [1.165, 1.54) is 5.56 Å². The van der Waals surface area contributed by atoms with Crippen molar-refractivity contribution < 1.29 is 4.74 Å².